The Bertz CT molecular complexity index is 408. The van der Waals surface area contributed by atoms with Crippen molar-refractivity contribution in [1.82, 2.24) is 9.88 Å². The van der Waals surface area contributed by atoms with Crippen molar-refractivity contribution in [3.63, 3.8) is 0 Å². The van der Waals surface area contributed by atoms with Gasteiger partial charge in [0.1, 0.15) is 6.10 Å². The molecule has 1 saturated carbocycles. The van der Waals surface area contributed by atoms with E-state index in [1.807, 2.05) is 6.20 Å². The molecule has 3 nitrogen and oxygen atoms in total. The third kappa shape index (κ3) is 1.83. The zero-order valence-electron chi connectivity index (χ0n) is 9.51. The molecule has 5 rings (SSSR count). The minimum absolute atomic E-state index is 0.417. The molecular weight excluding hydrogens is 300 g/mol. The topological polar surface area (TPSA) is 25.4 Å². The summed E-state index contributed by atoms with van der Waals surface area (Å²) in [5.74, 6) is 2.42. The van der Waals surface area contributed by atoms with Crippen molar-refractivity contribution < 1.29 is 4.74 Å². The molecule has 1 aliphatic carbocycles. The summed E-state index contributed by atoms with van der Waals surface area (Å²) in [6, 6.07) is 0. The van der Waals surface area contributed by atoms with Gasteiger partial charge in [-0.15, -0.1) is 0 Å². The molecule has 0 radical (unpaired) electrons. The minimum atomic E-state index is 0.417. The van der Waals surface area contributed by atoms with Crippen LogP contribution in [0.4, 0.5) is 0 Å². The summed E-state index contributed by atoms with van der Waals surface area (Å²) in [6.07, 6.45) is 4.98. The van der Waals surface area contributed by atoms with Crippen molar-refractivity contribution in [3.05, 3.63) is 9.98 Å². The van der Waals surface area contributed by atoms with Gasteiger partial charge in [0.15, 0.2) is 0 Å². The average Bonchev–Trinajstić information content (AvgIpc) is 2.68. The molecule has 4 bridgehead atoms. The summed E-state index contributed by atoms with van der Waals surface area (Å²) in [5.41, 5.74) is 0. The predicted molar refractivity (Wildman–Crippen MR) is 70.4 cm³/mol. The quantitative estimate of drug-likeness (QED) is 0.839. The molecule has 0 aromatic carbocycles. The van der Waals surface area contributed by atoms with Crippen LogP contribution in [0.15, 0.2) is 9.98 Å². The number of rotatable bonds is 2. The lowest BCUT2D eigenvalue weighted by atomic mass is 9.66. The van der Waals surface area contributed by atoms with Crippen LogP contribution in [-0.4, -0.2) is 35.6 Å². The van der Waals surface area contributed by atoms with Crippen LogP contribution in [-0.2, 0) is 0 Å². The maximum atomic E-state index is 6.16. The summed E-state index contributed by atoms with van der Waals surface area (Å²) in [5, 5.41) is 0.837. The molecule has 3 saturated heterocycles. The average molecular weight is 315 g/mol. The molecule has 0 spiro atoms. The molecule has 17 heavy (non-hydrogen) atoms. The molecule has 4 heterocycles. The highest BCUT2D eigenvalue weighted by molar-refractivity contribution is 9.11. The van der Waals surface area contributed by atoms with E-state index in [0.29, 0.717) is 6.10 Å². The van der Waals surface area contributed by atoms with E-state index in [-0.39, 0.29) is 0 Å². The molecule has 92 valence electrons. The summed E-state index contributed by atoms with van der Waals surface area (Å²) in [6.45, 7) is 3.82. The standard InChI is InChI=1S/C12H15BrN2OS/c13-10-3-14-12(17-10)16-11-8-1-7-2-9(11)6-15(4-7)5-8/h3,7-9,11H,1-2,4-6H2/t7?,8-,9-,11?/m1/s1. The first-order chi connectivity index (χ1) is 8.28. The van der Waals surface area contributed by atoms with Gasteiger partial charge in [0.25, 0.3) is 5.19 Å². The van der Waals surface area contributed by atoms with Crippen molar-refractivity contribution in [3.8, 4) is 5.19 Å². The molecule has 0 unspecified atom stereocenters. The third-order valence-corrected chi connectivity index (χ3v) is 5.76. The molecule has 5 heteroatoms. The van der Waals surface area contributed by atoms with Gasteiger partial charge in [0.2, 0.25) is 0 Å². The summed E-state index contributed by atoms with van der Waals surface area (Å²) in [4.78, 5) is 6.93. The normalized spacial score (nSPS) is 43.0. The fourth-order valence-electron chi connectivity index (χ4n) is 3.97. The van der Waals surface area contributed by atoms with Gasteiger partial charge in [0.05, 0.1) is 9.98 Å². The van der Waals surface area contributed by atoms with Crippen LogP contribution >= 0.6 is 27.3 Å². The maximum absolute atomic E-state index is 6.16. The lowest BCUT2D eigenvalue weighted by molar-refractivity contribution is -0.0985. The van der Waals surface area contributed by atoms with Crippen LogP contribution in [0.2, 0.25) is 0 Å². The summed E-state index contributed by atoms with van der Waals surface area (Å²) in [7, 11) is 0. The fourth-order valence-corrected chi connectivity index (χ4v) is 5.02. The Morgan fingerprint density at radius 3 is 2.65 bits per heavy atom. The van der Waals surface area contributed by atoms with Gasteiger partial charge in [0, 0.05) is 31.5 Å². The molecule has 4 aliphatic rings. The largest absolute Gasteiger partial charge is 0.466 e. The lowest BCUT2D eigenvalue weighted by Gasteiger charge is -2.55. The molecule has 2 atom stereocenters. The van der Waals surface area contributed by atoms with E-state index in [9.17, 15) is 0 Å². The van der Waals surface area contributed by atoms with Crippen molar-refractivity contribution in [2.75, 3.05) is 19.6 Å². The van der Waals surface area contributed by atoms with E-state index in [1.54, 1.807) is 11.3 Å². The van der Waals surface area contributed by atoms with Gasteiger partial charge in [-0.2, -0.15) is 0 Å². The Morgan fingerprint density at radius 2 is 2.06 bits per heavy atom. The first-order valence-electron chi connectivity index (χ1n) is 6.28. The van der Waals surface area contributed by atoms with Crippen LogP contribution in [0, 0.1) is 17.8 Å². The summed E-state index contributed by atoms with van der Waals surface area (Å²) >= 11 is 5.04. The Hall–Kier alpha value is -0.130. The fraction of sp³-hybridized carbons (Fsp3) is 0.750. The number of piperidine rings is 3. The highest BCUT2D eigenvalue weighted by Crippen LogP contribution is 2.45. The highest BCUT2D eigenvalue weighted by atomic mass is 79.9. The van der Waals surface area contributed by atoms with E-state index >= 15 is 0 Å². The van der Waals surface area contributed by atoms with Gasteiger partial charge in [-0.25, -0.2) is 4.98 Å². The molecule has 0 amide bonds. The summed E-state index contributed by atoms with van der Waals surface area (Å²) < 4.78 is 7.22. The van der Waals surface area contributed by atoms with E-state index < -0.39 is 0 Å². The first kappa shape index (κ1) is 10.8. The molecule has 1 aromatic heterocycles. The van der Waals surface area contributed by atoms with E-state index in [4.69, 9.17) is 4.74 Å². The van der Waals surface area contributed by atoms with E-state index in [0.717, 1.165) is 26.7 Å². The predicted octanol–water partition coefficient (Wildman–Crippen LogP) is 2.62. The van der Waals surface area contributed by atoms with Crippen molar-refractivity contribution in [2.45, 2.75) is 18.9 Å². The number of ether oxygens (including phenoxy) is 1. The SMILES string of the molecule is Brc1cnc(OC2[C@@H]3CC4C[C@@H]2CN(C4)C3)s1. The van der Waals surface area contributed by atoms with Crippen LogP contribution in [0.5, 0.6) is 5.19 Å². The number of nitrogens with zero attached hydrogens (tertiary/aromatic N) is 2. The monoisotopic (exact) mass is 314 g/mol. The number of halogens is 1. The zero-order valence-corrected chi connectivity index (χ0v) is 11.9. The Labute approximate surface area is 113 Å². The van der Waals surface area contributed by atoms with Crippen LogP contribution < -0.4 is 4.74 Å². The molecule has 3 aliphatic heterocycles. The third-order valence-electron chi connectivity index (χ3n) is 4.40. The van der Waals surface area contributed by atoms with E-state index in [1.165, 1.54) is 32.5 Å². The molecular formula is C12H15BrN2OS. The van der Waals surface area contributed by atoms with Gasteiger partial charge in [-0.1, -0.05) is 11.3 Å². The maximum Gasteiger partial charge on any atom is 0.274 e. The van der Waals surface area contributed by atoms with Crippen molar-refractivity contribution in [2.24, 2.45) is 17.8 Å². The van der Waals surface area contributed by atoms with Gasteiger partial charge >= 0.3 is 0 Å². The number of hydrogen-bond acceptors (Lipinski definition) is 4. The second kappa shape index (κ2) is 3.93. The van der Waals surface area contributed by atoms with Crippen molar-refractivity contribution in [1.29, 1.82) is 0 Å². The number of thiazole rings is 1. The van der Waals surface area contributed by atoms with Crippen LogP contribution in [0.3, 0.4) is 0 Å². The smallest absolute Gasteiger partial charge is 0.274 e. The van der Waals surface area contributed by atoms with Gasteiger partial charge in [-0.05, 0) is 34.7 Å². The minimum Gasteiger partial charge on any atom is -0.466 e. The van der Waals surface area contributed by atoms with Crippen LogP contribution in [0.1, 0.15) is 12.8 Å². The Morgan fingerprint density at radius 1 is 1.29 bits per heavy atom. The lowest BCUT2D eigenvalue weighted by Crippen LogP contribution is -2.61. The second-order valence-electron chi connectivity index (χ2n) is 5.59. The zero-order chi connectivity index (χ0) is 11.4. The first-order valence-corrected chi connectivity index (χ1v) is 7.89. The second-order valence-corrected chi connectivity index (χ2v) is 7.96. The van der Waals surface area contributed by atoms with E-state index in [2.05, 4.69) is 25.8 Å². The van der Waals surface area contributed by atoms with Crippen LogP contribution in [0.25, 0.3) is 0 Å². The van der Waals surface area contributed by atoms with Gasteiger partial charge in [-0.3, -0.25) is 0 Å². The number of hydrogen-bond donors (Lipinski definition) is 0. The van der Waals surface area contributed by atoms with Crippen molar-refractivity contribution >= 4 is 27.3 Å². The highest BCUT2D eigenvalue weighted by Gasteiger charge is 2.48. The Kier molecular flexibility index (Phi) is 2.49. The van der Waals surface area contributed by atoms with Gasteiger partial charge < -0.3 is 9.64 Å². The molecule has 1 aromatic rings. The molecule has 4 fully saturated rings. The number of aromatic nitrogens is 1. The molecule has 0 N–H and O–H groups in total. The Balaban J connectivity index is 1.54.